The highest BCUT2D eigenvalue weighted by Crippen LogP contribution is 2.37. The lowest BCUT2D eigenvalue weighted by molar-refractivity contribution is 0.195. The summed E-state index contributed by atoms with van der Waals surface area (Å²) in [6.07, 6.45) is 0.253. The molecule has 0 fully saturated rings. The van der Waals surface area contributed by atoms with E-state index < -0.39 is 18.2 Å². The molecule has 2 rings (SSSR count). The van der Waals surface area contributed by atoms with E-state index in [9.17, 15) is 8.42 Å². The van der Waals surface area contributed by atoms with Gasteiger partial charge in [-0.05, 0) is 54.0 Å². The van der Waals surface area contributed by atoms with Gasteiger partial charge in [0.15, 0.2) is 8.32 Å². The summed E-state index contributed by atoms with van der Waals surface area (Å²) in [7, 11) is -5.55. The number of hydrogen-bond acceptors (Lipinski definition) is 6. The Bertz CT molecular complexity index is 829. The molecule has 0 aliphatic rings. The van der Waals surface area contributed by atoms with Gasteiger partial charge in [0.2, 0.25) is 9.84 Å². The summed E-state index contributed by atoms with van der Waals surface area (Å²) in [4.78, 5) is 0. The van der Waals surface area contributed by atoms with E-state index in [1.807, 2.05) is 25.1 Å². The number of nitrogens with zero attached hydrogens (tertiary/aromatic N) is 4. The predicted molar refractivity (Wildman–Crippen MR) is 104 cm³/mol. The fraction of sp³-hybridized carbons (Fsp3) is 0.588. The van der Waals surface area contributed by atoms with Crippen molar-refractivity contribution in [2.24, 2.45) is 0 Å². The van der Waals surface area contributed by atoms with Crippen LogP contribution in [-0.4, -0.2) is 48.8 Å². The Balaban J connectivity index is 2.10. The van der Waals surface area contributed by atoms with Gasteiger partial charge in [-0.2, -0.15) is 4.68 Å². The molecule has 0 aliphatic carbocycles. The van der Waals surface area contributed by atoms with E-state index in [0.29, 0.717) is 12.1 Å². The van der Waals surface area contributed by atoms with Gasteiger partial charge in [-0.1, -0.05) is 44.1 Å². The van der Waals surface area contributed by atoms with Crippen LogP contribution >= 0.6 is 0 Å². The van der Waals surface area contributed by atoms with Gasteiger partial charge >= 0.3 is 0 Å². The summed E-state index contributed by atoms with van der Waals surface area (Å²) in [6, 6.07) is 8.99. The lowest BCUT2D eigenvalue weighted by Gasteiger charge is -2.38. The van der Waals surface area contributed by atoms with E-state index in [1.165, 1.54) is 4.68 Å². The Hall–Kier alpha value is -1.58. The van der Waals surface area contributed by atoms with Crippen LogP contribution in [0.4, 0.5) is 0 Å². The standard InChI is InChI=1S/C17H28N4O3SSi/c1-14(24-26(5,6)17(2,3)4)12-13-25(22,23)16-18-19-20-21(16)15-10-8-7-9-11-15/h7-11,14H,12-13H2,1-6H3/t14-/m0/s1. The van der Waals surface area contributed by atoms with Crippen LogP contribution in [0.2, 0.25) is 18.1 Å². The zero-order valence-electron chi connectivity index (χ0n) is 16.3. The predicted octanol–water partition coefficient (Wildman–Crippen LogP) is 3.24. The molecule has 0 bridgehead atoms. The fourth-order valence-electron chi connectivity index (χ4n) is 2.26. The van der Waals surface area contributed by atoms with Gasteiger partial charge in [0.1, 0.15) is 0 Å². The molecule has 0 amide bonds. The Labute approximate surface area is 156 Å². The third kappa shape index (κ3) is 4.77. The minimum absolute atomic E-state index is 0.0595. The number of tetrazole rings is 1. The maximum absolute atomic E-state index is 12.7. The normalized spacial score (nSPS) is 14.4. The topological polar surface area (TPSA) is 87.0 Å². The third-order valence-corrected chi connectivity index (χ3v) is 11.0. The zero-order chi connectivity index (χ0) is 19.6. The molecule has 144 valence electrons. The second-order valence-corrected chi connectivity index (χ2v) is 14.8. The van der Waals surface area contributed by atoms with E-state index in [4.69, 9.17) is 4.43 Å². The van der Waals surface area contributed by atoms with Gasteiger partial charge in [-0.15, -0.1) is 0 Å². The molecule has 1 heterocycles. The van der Waals surface area contributed by atoms with E-state index in [0.717, 1.165) is 0 Å². The Morgan fingerprint density at radius 1 is 1.19 bits per heavy atom. The molecule has 2 aromatic rings. The number of aromatic nitrogens is 4. The lowest BCUT2D eigenvalue weighted by atomic mass is 10.2. The fourth-order valence-corrected chi connectivity index (χ4v) is 5.12. The van der Waals surface area contributed by atoms with E-state index >= 15 is 0 Å². The van der Waals surface area contributed by atoms with Crippen molar-refractivity contribution >= 4 is 18.2 Å². The first kappa shape index (κ1) is 20.7. The van der Waals surface area contributed by atoms with E-state index in [-0.39, 0.29) is 22.1 Å². The van der Waals surface area contributed by atoms with Crippen molar-refractivity contribution in [3.8, 4) is 5.69 Å². The zero-order valence-corrected chi connectivity index (χ0v) is 18.1. The molecule has 9 heteroatoms. The smallest absolute Gasteiger partial charge is 0.272 e. The van der Waals surface area contributed by atoms with Crippen LogP contribution in [0.5, 0.6) is 0 Å². The maximum Gasteiger partial charge on any atom is 0.272 e. The molecule has 0 radical (unpaired) electrons. The number of para-hydroxylation sites is 1. The van der Waals surface area contributed by atoms with Crippen LogP contribution in [0.3, 0.4) is 0 Å². The van der Waals surface area contributed by atoms with Crippen LogP contribution in [0.15, 0.2) is 35.5 Å². The first-order chi connectivity index (χ1) is 11.9. The quantitative estimate of drug-likeness (QED) is 0.668. The van der Waals surface area contributed by atoms with Crippen molar-refractivity contribution in [1.82, 2.24) is 20.2 Å². The second-order valence-electron chi connectivity index (χ2n) is 8.01. The highest BCUT2D eigenvalue weighted by Gasteiger charge is 2.38. The van der Waals surface area contributed by atoms with Gasteiger partial charge in [0.25, 0.3) is 5.16 Å². The Kier molecular flexibility index (Phi) is 6.04. The molecule has 0 spiro atoms. The lowest BCUT2D eigenvalue weighted by Crippen LogP contribution is -2.43. The molecule has 1 aromatic heterocycles. The summed E-state index contributed by atoms with van der Waals surface area (Å²) >= 11 is 0. The molecule has 0 N–H and O–H groups in total. The minimum Gasteiger partial charge on any atom is -0.414 e. The minimum atomic E-state index is -3.62. The molecule has 1 atom stereocenters. The number of hydrogen-bond donors (Lipinski definition) is 0. The molecule has 0 unspecified atom stereocenters. The molecule has 7 nitrogen and oxygen atoms in total. The van der Waals surface area contributed by atoms with Gasteiger partial charge in [0.05, 0.1) is 11.4 Å². The molecule has 0 saturated carbocycles. The van der Waals surface area contributed by atoms with Crippen LogP contribution in [-0.2, 0) is 14.3 Å². The summed E-state index contributed by atoms with van der Waals surface area (Å²) in [5.74, 6) is -0.0595. The maximum atomic E-state index is 12.7. The van der Waals surface area contributed by atoms with Crippen molar-refractivity contribution < 1.29 is 12.8 Å². The van der Waals surface area contributed by atoms with Gasteiger partial charge < -0.3 is 4.43 Å². The number of rotatable bonds is 7. The molecular weight excluding hydrogens is 368 g/mol. The summed E-state index contributed by atoms with van der Waals surface area (Å²) in [5, 5.41) is 11.0. The van der Waals surface area contributed by atoms with Crippen LogP contribution in [0.1, 0.15) is 34.1 Å². The van der Waals surface area contributed by atoms with Gasteiger partial charge in [-0.25, -0.2) is 8.42 Å². The van der Waals surface area contributed by atoms with Crippen molar-refractivity contribution in [2.75, 3.05) is 5.75 Å². The summed E-state index contributed by atoms with van der Waals surface area (Å²) in [5.41, 5.74) is 0.613. The molecule has 26 heavy (non-hydrogen) atoms. The molecule has 0 aliphatic heterocycles. The van der Waals surface area contributed by atoms with Crippen molar-refractivity contribution in [1.29, 1.82) is 0 Å². The van der Waals surface area contributed by atoms with E-state index in [1.54, 1.807) is 12.1 Å². The monoisotopic (exact) mass is 396 g/mol. The highest BCUT2D eigenvalue weighted by atomic mass is 32.2. The highest BCUT2D eigenvalue weighted by molar-refractivity contribution is 7.91. The summed E-state index contributed by atoms with van der Waals surface area (Å²) in [6.45, 7) is 12.7. The average molecular weight is 397 g/mol. The van der Waals surface area contributed by atoms with Crippen molar-refractivity contribution in [3.05, 3.63) is 30.3 Å². The Morgan fingerprint density at radius 3 is 2.38 bits per heavy atom. The Morgan fingerprint density at radius 2 is 1.81 bits per heavy atom. The SMILES string of the molecule is C[C@@H](CCS(=O)(=O)c1nnnn1-c1ccccc1)O[Si](C)(C)C(C)(C)C. The average Bonchev–Trinajstić information content (AvgIpc) is 3.03. The largest absolute Gasteiger partial charge is 0.414 e. The molecular formula is C17H28N4O3SSi. The number of benzene rings is 1. The van der Waals surface area contributed by atoms with Crippen molar-refractivity contribution in [2.45, 2.75) is 63.5 Å². The van der Waals surface area contributed by atoms with Crippen LogP contribution < -0.4 is 0 Å². The van der Waals surface area contributed by atoms with Crippen molar-refractivity contribution in [3.63, 3.8) is 0 Å². The van der Waals surface area contributed by atoms with E-state index in [2.05, 4.69) is 49.4 Å². The third-order valence-electron chi connectivity index (χ3n) is 4.81. The van der Waals surface area contributed by atoms with Crippen LogP contribution in [0.25, 0.3) is 5.69 Å². The first-order valence-electron chi connectivity index (χ1n) is 8.68. The second kappa shape index (κ2) is 7.57. The molecule has 0 saturated heterocycles. The van der Waals surface area contributed by atoms with Gasteiger partial charge in [-0.3, -0.25) is 0 Å². The van der Waals surface area contributed by atoms with Crippen LogP contribution in [0, 0.1) is 0 Å². The first-order valence-corrected chi connectivity index (χ1v) is 13.2. The summed E-state index contributed by atoms with van der Waals surface area (Å²) < 4.78 is 33.0. The van der Waals surface area contributed by atoms with Gasteiger partial charge in [0, 0.05) is 6.10 Å². The molecule has 1 aromatic carbocycles. The number of sulfone groups is 1.